The number of pyridine rings is 1. The number of nitrogens with one attached hydrogen (secondary N) is 1. The Balaban J connectivity index is 1.45. The third-order valence-electron chi connectivity index (χ3n) is 6.70. The lowest BCUT2D eigenvalue weighted by molar-refractivity contribution is 0.306. The summed E-state index contributed by atoms with van der Waals surface area (Å²) in [5.41, 5.74) is 5.41. The van der Waals surface area contributed by atoms with Gasteiger partial charge < -0.3 is 9.72 Å². The molecule has 0 saturated heterocycles. The SMILES string of the molecule is N#Cc1c(-c2cn(-c3ccccc3)nc2-c2ccc(OCc3ccccc3)cc2)cc(-c2ccc(Cl)cc2)[nH]c1=O. The van der Waals surface area contributed by atoms with Gasteiger partial charge in [0.1, 0.15) is 29.7 Å². The molecule has 0 unspecified atom stereocenters. The number of hydrogen-bond donors (Lipinski definition) is 1. The number of halogens is 1. The number of rotatable bonds is 7. The second kappa shape index (κ2) is 11.4. The Labute approximate surface area is 241 Å². The minimum atomic E-state index is -0.474. The highest BCUT2D eigenvalue weighted by Gasteiger charge is 2.20. The van der Waals surface area contributed by atoms with Gasteiger partial charge in [0.15, 0.2) is 0 Å². The van der Waals surface area contributed by atoms with Gasteiger partial charge in [0.05, 0.1) is 5.69 Å². The second-order valence-corrected chi connectivity index (χ2v) is 9.83. The molecular weight excluding hydrogens is 532 g/mol. The molecule has 0 aliphatic heterocycles. The molecule has 2 heterocycles. The van der Waals surface area contributed by atoms with Crippen LogP contribution >= 0.6 is 11.6 Å². The number of aromatic amines is 1. The van der Waals surface area contributed by atoms with Gasteiger partial charge in [0.25, 0.3) is 5.56 Å². The van der Waals surface area contributed by atoms with Crippen molar-refractivity contribution in [2.24, 2.45) is 0 Å². The van der Waals surface area contributed by atoms with Gasteiger partial charge in [-0.2, -0.15) is 10.4 Å². The average Bonchev–Trinajstić information content (AvgIpc) is 3.47. The van der Waals surface area contributed by atoms with Crippen molar-refractivity contribution in [1.82, 2.24) is 14.8 Å². The first-order valence-electron chi connectivity index (χ1n) is 12.9. The van der Waals surface area contributed by atoms with Crippen molar-refractivity contribution < 1.29 is 4.74 Å². The number of nitrogens with zero attached hydrogens (tertiary/aromatic N) is 3. The van der Waals surface area contributed by atoms with Crippen molar-refractivity contribution >= 4 is 11.6 Å². The van der Waals surface area contributed by atoms with Crippen LogP contribution in [-0.4, -0.2) is 14.8 Å². The Morgan fingerprint density at radius 2 is 1.49 bits per heavy atom. The van der Waals surface area contributed by atoms with Crippen molar-refractivity contribution in [2.45, 2.75) is 6.61 Å². The number of ether oxygens (including phenoxy) is 1. The summed E-state index contributed by atoms with van der Waals surface area (Å²) in [4.78, 5) is 16.0. The van der Waals surface area contributed by atoms with Crippen LogP contribution in [-0.2, 0) is 6.61 Å². The van der Waals surface area contributed by atoms with Crippen molar-refractivity contribution in [1.29, 1.82) is 5.26 Å². The van der Waals surface area contributed by atoms with Gasteiger partial charge in [-0.05, 0) is 65.7 Å². The molecule has 0 aliphatic carbocycles. The van der Waals surface area contributed by atoms with E-state index in [1.807, 2.05) is 109 Å². The van der Waals surface area contributed by atoms with Gasteiger partial charge in [-0.1, -0.05) is 72.3 Å². The van der Waals surface area contributed by atoms with E-state index < -0.39 is 5.56 Å². The molecule has 41 heavy (non-hydrogen) atoms. The molecule has 0 saturated carbocycles. The molecule has 1 N–H and O–H groups in total. The second-order valence-electron chi connectivity index (χ2n) is 9.39. The third-order valence-corrected chi connectivity index (χ3v) is 6.95. The summed E-state index contributed by atoms with van der Waals surface area (Å²) < 4.78 is 7.73. The topological polar surface area (TPSA) is 83.7 Å². The van der Waals surface area contributed by atoms with Crippen molar-refractivity contribution in [3.05, 3.63) is 148 Å². The Kier molecular flexibility index (Phi) is 7.19. The zero-order chi connectivity index (χ0) is 28.2. The standard InChI is InChI=1S/C34H23ClN4O2/c35-26-15-11-24(12-16-26)32-19-29(30(20-36)34(40)37-32)31-21-39(27-9-5-2-6-10-27)38-33(31)25-13-17-28(18-14-25)41-22-23-7-3-1-4-8-23/h1-19,21H,22H2,(H,37,40). The van der Waals surface area contributed by atoms with E-state index in [1.54, 1.807) is 16.8 Å². The molecule has 4 aromatic carbocycles. The van der Waals surface area contributed by atoms with E-state index in [0.717, 1.165) is 28.1 Å². The van der Waals surface area contributed by atoms with E-state index in [0.29, 0.717) is 34.1 Å². The monoisotopic (exact) mass is 554 g/mol. The quantitative estimate of drug-likeness (QED) is 0.219. The van der Waals surface area contributed by atoms with E-state index in [1.165, 1.54) is 0 Å². The minimum Gasteiger partial charge on any atom is -0.489 e. The lowest BCUT2D eigenvalue weighted by Gasteiger charge is -2.10. The Hall–Kier alpha value is -5.38. The van der Waals surface area contributed by atoms with Crippen molar-refractivity contribution in [3.63, 3.8) is 0 Å². The predicted octanol–water partition coefficient (Wildman–Crippen LogP) is 7.67. The van der Waals surface area contributed by atoms with Crippen LogP contribution < -0.4 is 10.3 Å². The van der Waals surface area contributed by atoms with Crippen LogP contribution in [0.1, 0.15) is 11.1 Å². The highest BCUT2D eigenvalue weighted by Crippen LogP contribution is 2.35. The van der Waals surface area contributed by atoms with Crippen molar-refractivity contribution in [3.8, 4) is 51.1 Å². The molecule has 198 valence electrons. The number of para-hydroxylation sites is 1. The fourth-order valence-electron chi connectivity index (χ4n) is 4.62. The van der Waals surface area contributed by atoms with E-state index in [9.17, 15) is 10.1 Å². The van der Waals surface area contributed by atoms with E-state index >= 15 is 0 Å². The lowest BCUT2D eigenvalue weighted by atomic mass is 9.97. The smallest absolute Gasteiger partial charge is 0.266 e. The van der Waals surface area contributed by atoms with Crippen molar-refractivity contribution in [2.75, 3.05) is 0 Å². The molecule has 6 nitrogen and oxygen atoms in total. The fourth-order valence-corrected chi connectivity index (χ4v) is 4.74. The van der Waals surface area contributed by atoms with Gasteiger partial charge in [-0.15, -0.1) is 0 Å². The van der Waals surface area contributed by atoms with Gasteiger partial charge >= 0.3 is 0 Å². The lowest BCUT2D eigenvalue weighted by Crippen LogP contribution is -2.12. The maximum atomic E-state index is 13.1. The molecule has 0 radical (unpaired) electrons. The summed E-state index contributed by atoms with van der Waals surface area (Å²) >= 11 is 6.08. The van der Waals surface area contributed by atoms with Crippen LogP contribution in [0.15, 0.2) is 126 Å². The molecule has 0 amide bonds. The Morgan fingerprint density at radius 1 is 0.829 bits per heavy atom. The Bertz CT molecular complexity index is 1910. The molecule has 0 fully saturated rings. The molecule has 0 aliphatic rings. The first-order chi connectivity index (χ1) is 20.1. The first kappa shape index (κ1) is 25.9. The van der Waals surface area contributed by atoms with Crippen LogP contribution in [0, 0.1) is 11.3 Å². The summed E-state index contributed by atoms with van der Waals surface area (Å²) in [6, 6.07) is 38.4. The van der Waals surface area contributed by atoms with Crippen LogP contribution in [0.3, 0.4) is 0 Å². The van der Waals surface area contributed by atoms with Crippen LogP contribution in [0.4, 0.5) is 0 Å². The maximum absolute atomic E-state index is 13.1. The third kappa shape index (κ3) is 5.53. The van der Waals surface area contributed by atoms with E-state index in [4.69, 9.17) is 21.4 Å². The van der Waals surface area contributed by atoms with Crippen LogP contribution in [0.25, 0.3) is 39.3 Å². The minimum absolute atomic E-state index is 0.0133. The predicted molar refractivity (Wildman–Crippen MR) is 161 cm³/mol. The summed E-state index contributed by atoms with van der Waals surface area (Å²) in [7, 11) is 0. The summed E-state index contributed by atoms with van der Waals surface area (Å²) in [6.07, 6.45) is 1.85. The van der Waals surface area contributed by atoms with Gasteiger partial charge in [-0.3, -0.25) is 4.79 Å². The molecule has 2 aromatic heterocycles. The molecule has 7 heteroatoms. The number of hydrogen-bond acceptors (Lipinski definition) is 4. The Morgan fingerprint density at radius 3 is 2.17 bits per heavy atom. The van der Waals surface area contributed by atoms with E-state index in [2.05, 4.69) is 11.1 Å². The number of H-pyrrole nitrogens is 1. The molecular formula is C34H23ClN4O2. The highest BCUT2D eigenvalue weighted by atomic mass is 35.5. The number of aromatic nitrogens is 3. The highest BCUT2D eigenvalue weighted by molar-refractivity contribution is 6.30. The van der Waals surface area contributed by atoms with Gasteiger partial charge in [0.2, 0.25) is 0 Å². The van der Waals surface area contributed by atoms with Gasteiger partial charge in [-0.25, -0.2) is 4.68 Å². The first-order valence-corrected chi connectivity index (χ1v) is 13.3. The molecule has 6 aromatic rings. The molecule has 0 atom stereocenters. The number of benzene rings is 4. The maximum Gasteiger partial charge on any atom is 0.266 e. The molecule has 6 rings (SSSR count). The fraction of sp³-hybridized carbons (Fsp3) is 0.0294. The van der Waals surface area contributed by atoms with Crippen LogP contribution in [0.5, 0.6) is 5.75 Å². The number of nitriles is 1. The van der Waals surface area contributed by atoms with Crippen LogP contribution in [0.2, 0.25) is 5.02 Å². The summed E-state index contributed by atoms with van der Waals surface area (Å²) in [5.74, 6) is 0.723. The molecule has 0 spiro atoms. The van der Waals surface area contributed by atoms with E-state index in [-0.39, 0.29) is 5.56 Å². The van der Waals surface area contributed by atoms with Gasteiger partial charge in [0, 0.05) is 33.6 Å². The largest absolute Gasteiger partial charge is 0.489 e. The summed E-state index contributed by atoms with van der Waals surface area (Å²) in [6.45, 7) is 0.458. The normalized spacial score (nSPS) is 10.7. The summed E-state index contributed by atoms with van der Waals surface area (Å²) in [5, 5.41) is 15.5. The zero-order valence-corrected chi connectivity index (χ0v) is 22.5. The zero-order valence-electron chi connectivity index (χ0n) is 21.8. The average molecular weight is 555 g/mol. The molecule has 0 bridgehead atoms.